The van der Waals surface area contributed by atoms with Crippen LogP contribution in [0.25, 0.3) is 0 Å². The summed E-state index contributed by atoms with van der Waals surface area (Å²) >= 11 is 0. The largest absolute Gasteiger partial charge is 0.250 e. The smallest absolute Gasteiger partial charge is 0.0886 e. The fourth-order valence-corrected chi connectivity index (χ4v) is 2.70. The van der Waals surface area contributed by atoms with Crippen molar-refractivity contribution in [3.8, 4) is 0 Å². The molecule has 0 spiro atoms. The standard InChI is InChI=1S/C17H33N3/c1-6-8-10-11-13-17(5,12-9-7-2)16-14-20(15(3)4)19-18-16/h14-15H,6-13H2,1-5H3. The van der Waals surface area contributed by atoms with Crippen molar-refractivity contribution in [3.63, 3.8) is 0 Å². The van der Waals surface area contributed by atoms with E-state index >= 15 is 0 Å². The van der Waals surface area contributed by atoms with Crippen molar-refractivity contribution in [1.29, 1.82) is 0 Å². The maximum atomic E-state index is 4.47. The summed E-state index contributed by atoms with van der Waals surface area (Å²) in [6, 6.07) is 0.395. The lowest BCUT2D eigenvalue weighted by Crippen LogP contribution is -2.22. The summed E-state index contributed by atoms with van der Waals surface area (Å²) in [7, 11) is 0. The Hall–Kier alpha value is -0.860. The van der Waals surface area contributed by atoms with E-state index < -0.39 is 0 Å². The summed E-state index contributed by atoms with van der Waals surface area (Å²) in [4.78, 5) is 0. The molecule has 0 aliphatic heterocycles. The Morgan fingerprint density at radius 2 is 1.70 bits per heavy atom. The first-order valence-corrected chi connectivity index (χ1v) is 8.45. The maximum absolute atomic E-state index is 4.47. The summed E-state index contributed by atoms with van der Waals surface area (Å²) in [5.74, 6) is 0. The first-order chi connectivity index (χ1) is 9.53. The quantitative estimate of drug-likeness (QED) is 0.546. The van der Waals surface area contributed by atoms with Crippen molar-refractivity contribution < 1.29 is 0 Å². The molecule has 1 rings (SSSR count). The second-order valence-corrected chi connectivity index (χ2v) is 6.65. The van der Waals surface area contributed by atoms with Crippen molar-refractivity contribution >= 4 is 0 Å². The molecule has 1 unspecified atom stereocenters. The number of rotatable bonds is 10. The Balaban J connectivity index is 2.74. The number of unbranched alkanes of at least 4 members (excludes halogenated alkanes) is 4. The zero-order valence-electron chi connectivity index (χ0n) is 14.2. The van der Waals surface area contributed by atoms with Gasteiger partial charge in [0.2, 0.25) is 0 Å². The number of hydrogen-bond donors (Lipinski definition) is 0. The average Bonchev–Trinajstić information content (AvgIpc) is 2.92. The summed E-state index contributed by atoms with van der Waals surface area (Å²) in [5.41, 5.74) is 1.40. The van der Waals surface area contributed by atoms with Gasteiger partial charge < -0.3 is 0 Å². The van der Waals surface area contributed by atoms with Crippen LogP contribution in [0, 0.1) is 0 Å². The van der Waals surface area contributed by atoms with Gasteiger partial charge in [-0.2, -0.15) is 0 Å². The predicted octanol–water partition coefficient (Wildman–Crippen LogP) is 5.28. The lowest BCUT2D eigenvalue weighted by atomic mass is 9.77. The van der Waals surface area contributed by atoms with Gasteiger partial charge in [0.05, 0.1) is 5.69 Å². The first-order valence-electron chi connectivity index (χ1n) is 8.45. The normalized spacial score (nSPS) is 14.7. The molecule has 20 heavy (non-hydrogen) atoms. The molecule has 1 aromatic heterocycles. The fraction of sp³-hybridized carbons (Fsp3) is 0.882. The van der Waals surface area contributed by atoms with E-state index in [2.05, 4.69) is 51.1 Å². The molecule has 0 aliphatic rings. The van der Waals surface area contributed by atoms with Crippen LogP contribution in [0.4, 0.5) is 0 Å². The molecular formula is C17H33N3. The summed E-state index contributed by atoms with van der Waals surface area (Å²) in [6.07, 6.45) is 12.5. The van der Waals surface area contributed by atoms with Gasteiger partial charge in [0.1, 0.15) is 0 Å². The SMILES string of the molecule is CCCCCCC(C)(CCCC)c1cn(C(C)C)nn1. The molecule has 0 amide bonds. The van der Waals surface area contributed by atoms with E-state index in [-0.39, 0.29) is 5.41 Å². The van der Waals surface area contributed by atoms with Gasteiger partial charge in [-0.05, 0) is 26.7 Å². The molecule has 1 heterocycles. The van der Waals surface area contributed by atoms with E-state index in [0.29, 0.717) is 6.04 Å². The van der Waals surface area contributed by atoms with E-state index in [4.69, 9.17) is 0 Å². The highest BCUT2D eigenvalue weighted by molar-refractivity contribution is 5.10. The van der Waals surface area contributed by atoms with Crippen LogP contribution in [0.1, 0.15) is 97.7 Å². The molecule has 0 aliphatic carbocycles. The Bertz CT molecular complexity index is 370. The van der Waals surface area contributed by atoms with E-state index in [1.807, 2.05) is 4.68 Å². The second-order valence-electron chi connectivity index (χ2n) is 6.65. The molecule has 0 aromatic carbocycles. The van der Waals surface area contributed by atoms with E-state index in [9.17, 15) is 0 Å². The van der Waals surface area contributed by atoms with Crippen molar-refractivity contribution in [2.24, 2.45) is 0 Å². The molecule has 3 heteroatoms. The van der Waals surface area contributed by atoms with Crippen LogP contribution < -0.4 is 0 Å². The molecule has 0 saturated heterocycles. The van der Waals surface area contributed by atoms with Crippen molar-refractivity contribution in [3.05, 3.63) is 11.9 Å². The molecule has 0 N–H and O–H groups in total. The molecule has 3 nitrogen and oxygen atoms in total. The van der Waals surface area contributed by atoms with Crippen molar-refractivity contribution in [1.82, 2.24) is 15.0 Å². The summed E-state index contributed by atoms with van der Waals surface area (Å²) in [6.45, 7) is 11.2. The third kappa shape index (κ3) is 4.92. The highest BCUT2D eigenvalue weighted by Crippen LogP contribution is 2.34. The lowest BCUT2D eigenvalue weighted by Gasteiger charge is -2.27. The fourth-order valence-electron chi connectivity index (χ4n) is 2.70. The minimum absolute atomic E-state index is 0.205. The molecule has 0 bridgehead atoms. The Labute approximate surface area is 125 Å². The van der Waals surface area contributed by atoms with Gasteiger partial charge in [0, 0.05) is 17.7 Å². The second kappa shape index (κ2) is 8.43. The van der Waals surface area contributed by atoms with Crippen LogP contribution in [-0.4, -0.2) is 15.0 Å². The summed E-state index contributed by atoms with van der Waals surface area (Å²) in [5, 5.41) is 8.78. The Morgan fingerprint density at radius 1 is 1.05 bits per heavy atom. The van der Waals surface area contributed by atoms with Crippen LogP contribution in [0.2, 0.25) is 0 Å². The molecule has 0 saturated carbocycles. The highest BCUT2D eigenvalue weighted by Gasteiger charge is 2.29. The van der Waals surface area contributed by atoms with E-state index in [0.717, 1.165) is 0 Å². The van der Waals surface area contributed by atoms with Gasteiger partial charge >= 0.3 is 0 Å². The minimum atomic E-state index is 0.205. The van der Waals surface area contributed by atoms with Crippen molar-refractivity contribution in [2.45, 2.75) is 97.4 Å². The van der Waals surface area contributed by atoms with E-state index in [1.54, 1.807) is 0 Å². The molecular weight excluding hydrogens is 246 g/mol. The molecule has 116 valence electrons. The molecule has 1 aromatic rings. The number of aromatic nitrogens is 3. The molecule has 0 fully saturated rings. The monoisotopic (exact) mass is 279 g/mol. The number of hydrogen-bond acceptors (Lipinski definition) is 2. The van der Waals surface area contributed by atoms with Crippen LogP contribution in [0.5, 0.6) is 0 Å². The third-order valence-corrected chi connectivity index (χ3v) is 4.32. The molecule has 1 atom stereocenters. The Morgan fingerprint density at radius 3 is 2.25 bits per heavy atom. The van der Waals surface area contributed by atoms with Crippen molar-refractivity contribution in [2.75, 3.05) is 0 Å². The van der Waals surface area contributed by atoms with Gasteiger partial charge in [0.25, 0.3) is 0 Å². The van der Waals surface area contributed by atoms with E-state index in [1.165, 1.54) is 57.1 Å². The highest BCUT2D eigenvalue weighted by atomic mass is 15.4. The zero-order valence-corrected chi connectivity index (χ0v) is 14.2. The van der Waals surface area contributed by atoms with Crippen LogP contribution in [0.3, 0.4) is 0 Å². The first kappa shape index (κ1) is 17.2. The van der Waals surface area contributed by atoms with Gasteiger partial charge in [-0.15, -0.1) is 5.10 Å². The van der Waals surface area contributed by atoms with Crippen LogP contribution in [-0.2, 0) is 5.41 Å². The average molecular weight is 279 g/mol. The summed E-state index contributed by atoms with van der Waals surface area (Å²) < 4.78 is 1.99. The zero-order chi connectivity index (χ0) is 15.0. The van der Waals surface area contributed by atoms with Gasteiger partial charge in [-0.3, -0.25) is 0 Å². The van der Waals surface area contributed by atoms with Gasteiger partial charge in [-0.1, -0.05) is 64.5 Å². The Kier molecular flexibility index (Phi) is 7.25. The van der Waals surface area contributed by atoms with Crippen LogP contribution >= 0.6 is 0 Å². The van der Waals surface area contributed by atoms with Gasteiger partial charge in [-0.25, -0.2) is 4.68 Å². The van der Waals surface area contributed by atoms with Gasteiger partial charge in [0.15, 0.2) is 0 Å². The molecule has 0 radical (unpaired) electrons. The topological polar surface area (TPSA) is 30.7 Å². The minimum Gasteiger partial charge on any atom is -0.250 e. The lowest BCUT2D eigenvalue weighted by molar-refractivity contribution is 0.359. The number of nitrogens with zero attached hydrogens (tertiary/aromatic N) is 3. The van der Waals surface area contributed by atoms with Crippen LogP contribution in [0.15, 0.2) is 6.20 Å². The third-order valence-electron chi connectivity index (χ3n) is 4.32. The maximum Gasteiger partial charge on any atom is 0.0886 e. The predicted molar refractivity (Wildman–Crippen MR) is 86.0 cm³/mol.